The zero-order chi connectivity index (χ0) is 26.9. The van der Waals surface area contributed by atoms with Crippen molar-refractivity contribution in [2.24, 2.45) is 0 Å². The summed E-state index contributed by atoms with van der Waals surface area (Å²) >= 11 is 0. The maximum Gasteiger partial charge on any atom is 0.416 e. The average molecular weight is 523 g/mol. The van der Waals surface area contributed by atoms with Gasteiger partial charge in [-0.15, -0.1) is 0 Å². The molecular formula is C29H29F3N4O2. The van der Waals surface area contributed by atoms with Crippen molar-refractivity contribution in [3.63, 3.8) is 0 Å². The van der Waals surface area contributed by atoms with Gasteiger partial charge in [0.15, 0.2) is 0 Å². The van der Waals surface area contributed by atoms with Gasteiger partial charge in [0, 0.05) is 29.7 Å². The lowest BCUT2D eigenvalue weighted by atomic mass is 10.0. The van der Waals surface area contributed by atoms with Gasteiger partial charge in [0.2, 0.25) is 0 Å². The number of hydrogen-bond donors (Lipinski definition) is 1. The fourth-order valence-electron chi connectivity index (χ4n) is 4.89. The minimum atomic E-state index is -4.39. The molecule has 5 rings (SSSR count). The molecular weight excluding hydrogens is 493 g/mol. The molecule has 1 aromatic heterocycles. The maximum atomic E-state index is 13.1. The first-order chi connectivity index (χ1) is 18.2. The van der Waals surface area contributed by atoms with Crippen LogP contribution in [0.3, 0.4) is 0 Å². The van der Waals surface area contributed by atoms with E-state index in [2.05, 4.69) is 10.2 Å². The number of ether oxygens (including phenoxy) is 2. The van der Waals surface area contributed by atoms with E-state index in [1.165, 1.54) is 12.1 Å². The molecule has 0 aliphatic carbocycles. The van der Waals surface area contributed by atoms with E-state index in [4.69, 9.17) is 19.4 Å². The first kappa shape index (κ1) is 25.9. The molecule has 2 unspecified atom stereocenters. The van der Waals surface area contributed by atoms with Crippen LogP contribution in [-0.4, -0.2) is 47.3 Å². The fourth-order valence-corrected chi connectivity index (χ4v) is 4.89. The summed E-state index contributed by atoms with van der Waals surface area (Å²) in [4.78, 5) is 11.9. The zero-order valence-corrected chi connectivity index (χ0v) is 21.4. The van der Waals surface area contributed by atoms with Crippen molar-refractivity contribution in [2.75, 3.05) is 25.5 Å². The van der Waals surface area contributed by atoms with Crippen LogP contribution in [0.25, 0.3) is 22.0 Å². The molecule has 198 valence electrons. The molecule has 0 bridgehead atoms. The van der Waals surface area contributed by atoms with Crippen LogP contribution in [0.2, 0.25) is 0 Å². The van der Waals surface area contributed by atoms with Gasteiger partial charge in [0.05, 0.1) is 36.9 Å². The van der Waals surface area contributed by atoms with Gasteiger partial charge in [0.25, 0.3) is 0 Å². The van der Waals surface area contributed by atoms with Gasteiger partial charge in [-0.25, -0.2) is 9.97 Å². The molecule has 2 atom stereocenters. The Hall–Kier alpha value is -3.69. The quantitative estimate of drug-likeness (QED) is 0.305. The van der Waals surface area contributed by atoms with Crippen molar-refractivity contribution in [2.45, 2.75) is 38.8 Å². The predicted molar refractivity (Wildman–Crippen MR) is 142 cm³/mol. The number of fused-ring (bicyclic) bond motifs is 1. The summed E-state index contributed by atoms with van der Waals surface area (Å²) in [6, 6.07) is 18.6. The highest BCUT2D eigenvalue weighted by molar-refractivity contribution is 5.94. The fraction of sp³-hybridized carbons (Fsp3) is 0.310. The summed E-state index contributed by atoms with van der Waals surface area (Å²) < 4.78 is 50.6. The second-order valence-corrected chi connectivity index (χ2v) is 9.57. The number of anilines is 2. The van der Waals surface area contributed by atoms with Crippen LogP contribution in [0.4, 0.5) is 24.7 Å². The Morgan fingerprint density at radius 2 is 1.68 bits per heavy atom. The molecule has 4 aromatic rings. The highest BCUT2D eigenvalue weighted by Crippen LogP contribution is 2.34. The normalized spacial score (nSPS) is 18.5. The Bertz CT molecular complexity index is 1420. The summed E-state index contributed by atoms with van der Waals surface area (Å²) in [6.45, 7) is 6.12. The largest absolute Gasteiger partial charge is 0.496 e. The number of para-hydroxylation sites is 1. The monoisotopic (exact) mass is 522 g/mol. The van der Waals surface area contributed by atoms with Gasteiger partial charge in [-0.1, -0.05) is 24.3 Å². The predicted octanol–water partition coefficient (Wildman–Crippen LogP) is 6.68. The molecule has 2 heterocycles. The smallest absolute Gasteiger partial charge is 0.416 e. The van der Waals surface area contributed by atoms with Crippen LogP contribution in [-0.2, 0) is 17.5 Å². The minimum Gasteiger partial charge on any atom is -0.496 e. The van der Waals surface area contributed by atoms with E-state index in [9.17, 15) is 13.2 Å². The summed E-state index contributed by atoms with van der Waals surface area (Å²) in [5.41, 5.74) is 2.40. The zero-order valence-electron chi connectivity index (χ0n) is 21.4. The van der Waals surface area contributed by atoms with E-state index in [0.29, 0.717) is 23.9 Å². The summed E-state index contributed by atoms with van der Waals surface area (Å²) in [5.74, 6) is 1.90. The topological polar surface area (TPSA) is 59.5 Å². The molecule has 9 heteroatoms. The Kier molecular flexibility index (Phi) is 7.23. The third-order valence-electron chi connectivity index (χ3n) is 6.50. The standard InChI is InChI=1S/C29H29F3N4O2/c1-18-15-36(16-19(2)38-18)17-27-34-25-14-20(23-6-4-5-7-26(23)37-3)8-13-24(25)28(35-27)33-22-11-9-21(10-12-22)29(30,31)32/h4-14,18-19H,15-17H2,1-3H3,(H,33,34,35). The molecule has 1 aliphatic rings. The lowest BCUT2D eigenvalue weighted by Gasteiger charge is -2.34. The van der Waals surface area contributed by atoms with Gasteiger partial charge >= 0.3 is 6.18 Å². The highest BCUT2D eigenvalue weighted by atomic mass is 19.4. The molecule has 1 aliphatic heterocycles. The van der Waals surface area contributed by atoms with Crippen LogP contribution in [0, 0.1) is 0 Å². The summed E-state index contributed by atoms with van der Waals surface area (Å²) in [7, 11) is 1.64. The molecule has 1 fully saturated rings. The van der Waals surface area contributed by atoms with Crippen molar-refractivity contribution in [1.82, 2.24) is 14.9 Å². The van der Waals surface area contributed by atoms with Crippen molar-refractivity contribution < 1.29 is 22.6 Å². The highest BCUT2D eigenvalue weighted by Gasteiger charge is 2.30. The number of halogens is 3. The SMILES string of the molecule is COc1ccccc1-c1ccc2c(Nc3ccc(C(F)(F)F)cc3)nc(CN3CC(C)OC(C)C3)nc2c1. The molecule has 1 saturated heterocycles. The molecule has 6 nitrogen and oxygen atoms in total. The van der Waals surface area contributed by atoms with E-state index >= 15 is 0 Å². The van der Waals surface area contributed by atoms with E-state index in [0.717, 1.165) is 53.0 Å². The third kappa shape index (κ3) is 5.74. The van der Waals surface area contributed by atoms with E-state index < -0.39 is 11.7 Å². The Balaban J connectivity index is 1.55. The molecule has 3 aromatic carbocycles. The molecule has 1 N–H and O–H groups in total. The first-order valence-corrected chi connectivity index (χ1v) is 12.5. The van der Waals surface area contributed by atoms with Crippen LogP contribution in [0.5, 0.6) is 5.75 Å². The number of aromatic nitrogens is 2. The molecule has 38 heavy (non-hydrogen) atoms. The Labute approximate surface area is 219 Å². The number of hydrogen-bond acceptors (Lipinski definition) is 6. The average Bonchev–Trinajstić information content (AvgIpc) is 2.87. The molecule has 0 spiro atoms. The number of benzene rings is 3. The van der Waals surface area contributed by atoms with Crippen LogP contribution >= 0.6 is 0 Å². The van der Waals surface area contributed by atoms with Crippen molar-refractivity contribution in [3.8, 4) is 16.9 Å². The van der Waals surface area contributed by atoms with E-state index in [1.807, 2.05) is 56.3 Å². The maximum absolute atomic E-state index is 13.1. The molecule has 0 amide bonds. The number of nitrogens with zero attached hydrogens (tertiary/aromatic N) is 3. The lowest BCUT2D eigenvalue weighted by Crippen LogP contribution is -2.45. The number of morpholine rings is 1. The first-order valence-electron chi connectivity index (χ1n) is 12.5. The summed E-state index contributed by atoms with van der Waals surface area (Å²) in [6.07, 6.45) is -4.20. The van der Waals surface area contributed by atoms with Crippen molar-refractivity contribution in [3.05, 3.63) is 78.1 Å². The van der Waals surface area contributed by atoms with Crippen LogP contribution < -0.4 is 10.1 Å². The van der Waals surface area contributed by atoms with Crippen LogP contribution in [0.1, 0.15) is 25.2 Å². The minimum absolute atomic E-state index is 0.0982. The number of alkyl halides is 3. The van der Waals surface area contributed by atoms with Gasteiger partial charge in [-0.05, 0) is 61.9 Å². The second-order valence-electron chi connectivity index (χ2n) is 9.57. The van der Waals surface area contributed by atoms with Gasteiger partial charge < -0.3 is 14.8 Å². The van der Waals surface area contributed by atoms with E-state index in [1.54, 1.807) is 7.11 Å². The molecule has 0 radical (unpaired) electrons. The van der Waals surface area contributed by atoms with Gasteiger partial charge in [-0.3, -0.25) is 4.90 Å². The van der Waals surface area contributed by atoms with Gasteiger partial charge in [0.1, 0.15) is 17.4 Å². The van der Waals surface area contributed by atoms with Crippen molar-refractivity contribution in [1.29, 1.82) is 0 Å². The number of rotatable bonds is 6. The number of methoxy groups -OCH3 is 1. The Morgan fingerprint density at radius 1 is 0.974 bits per heavy atom. The van der Waals surface area contributed by atoms with E-state index in [-0.39, 0.29) is 12.2 Å². The lowest BCUT2D eigenvalue weighted by molar-refractivity contribution is -0.137. The summed E-state index contributed by atoms with van der Waals surface area (Å²) in [5, 5.41) is 3.98. The Morgan fingerprint density at radius 3 is 2.37 bits per heavy atom. The third-order valence-corrected chi connectivity index (χ3v) is 6.50. The number of nitrogens with one attached hydrogen (secondary N) is 1. The van der Waals surface area contributed by atoms with Crippen molar-refractivity contribution >= 4 is 22.4 Å². The van der Waals surface area contributed by atoms with Gasteiger partial charge in [-0.2, -0.15) is 13.2 Å². The second kappa shape index (κ2) is 10.6. The molecule has 0 saturated carbocycles. The van der Waals surface area contributed by atoms with Crippen LogP contribution in [0.15, 0.2) is 66.7 Å².